The Bertz CT molecular complexity index is 1740. The molecule has 8 heteroatoms. The minimum Gasteiger partial charge on any atom is -0.495 e. The molecule has 196 valence electrons. The van der Waals surface area contributed by atoms with E-state index < -0.39 is 17.4 Å². The molecule has 2 fully saturated rings. The zero-order valence-electron chi connectivity index (χ0n) is 21.9. The second-order valence-corrected chi connectivity index (χ2v) is 11.0. The summed E-state index contributed by atoms with van der Waals surface area (Å²) in [5, 5.41) is 4.25. The maximum Gasteiger partial charge on any atom is 0.266 e. The van der Waals surface area contributed by atoms with Crippen molar-refractivity contribution in [2.24, 2.45) is 17.8 Å². The second kappa shape index (κ2) is 8.35. The highest BCUT2D eigenvalue weighted by atomic mass is 16.5. The van der Waals surface area contributed by atoms with E-state index in [1.165, 1.54) is 12.0 Å². The molecule has 2 saturated heterocycles. The molecular formula is C31H28N4O4. The molecule has 4 aromatic rings. The number of nitrogens with one attached hydrogen (secondary N) is 1. The molecule has 1 aromatic heterocycles. The van der Waals surface area contributed by atoms with Crippen molar-refractivity contribution in [3.63, 3.8) is 0 Å². The van der Waals surface area contributed by atoms with Gasteiger partial charge in [0.15, 0.2) is 0 Å². The van der Waals surface area contributed by atoms with Gasteiger partial charge in [0.2, 0.25) is 11.8 Å². The van der Waals surface area contributed by atoms with Gasteiger partial charge in [-0.05, 0) is 42.7 Å². The smallest absolute Gasteiger partial charge is 0.266 e. The van der Waals surface area contributed by atoms with Gasteiger partial charge in [0.25, 0.3) is 5.56 Å². The van der Waals surface area contributed by atoms with Crippen molar-refractivity contribution >= 4 is 28.4 Å². The highest BCUT2D eigenvalue weighted by molar-refractivity contribution is 6.24. The molecule has 8 nitrogen and oxygen atoms in total. The largest absolute Gasteiger partial charge is 0.495 e. The van der Waals surface area contributed by atoms with Crippen molar-refractivity contribution in [2.75, 3.05) is 12.0 Å². The van der Waals surface area contributed by atoms with Crippen molar-refractivity contribution < 1.29 is 14.3 Å². The van der Waals surface area contributed by atoms with Crippen LogP contribution in [0, 0.1) is 17.8 Å². The summed E-state index contributed by atoms with van der Waals surface area (Å²) in [6, 6.07) is 21.7. The summed E-state index contributed by atoms with van der Waals surface area (Å²) in [6.45, 7) is 4.21. The summed E-state index contributed by atoms with van der Waals surface area (Å²) in [4.78, 5) is 49.0. The first-order chi connectivity index (χ1) is 18.9. The number of carbonyl (C=O) groups is 2. The van der Waals surface area contributed by atoms with Crippen LogP contribution in [0.5, 0.6) is 5.75 Å². The van der Waals surface area contributed by atoms with Gasteiger partial charge >= 0.3 is 0 Å². The molecule has 0 saturated carbocycles. The molecular weight excluding hydrogens is 492 g/mol. The van der Waals surface area contributed by atoms with Crippen LogP contribution in [0.4, 0.5) is 5.69 Å². The summed E-state index contributed by atoms with van der Waals surface area (Å²) >= 11 is 0. The van der Waals surface area contributed by atoms with E-state index in [0.29, 0.717) is 40.3 Å². The lowest BCUT2D eigenvalue weighted by Gasteiger charge is -2.32. The Morgan fingerprint density at radius 1 is 0.923 bits per heavy atom. The molecule has 39 heavy (non-hydrogen) atoms. The Kier molecular flexibility index (Phi) is 5.09. The highest BCUT2D eigenvalue weighted by Crippen LogP contribution is 2.56. The predicted octanol–water partition coefficient (Wildman–Crippen LogP) is 3.78. The minimum atomic E-state index is -1.15. The zero-order chi connectivity index (χ0) is 27.1. The number of fused-ring (bicyclic) bond motifs is 8. The molecule has 1 spiro atoms. The van der Waals surface area contributed by atoms with Crippen molar-refractivity contribution in [3.05, 3.63) is 94.5 Å². The quantitative estimate of drug-likeness (QED) is 0.412. The monoisotopic (exact) mass is 520 g/mol. The topological polar surface area (TPSA) is 93.5 Å². The van der Waals surface area contributed by atoms with Gasteiger partial charge in [-0.2, -0.15) is 0 Å². The molecule has 1 N–H and O–H groups in total. The van der Waals surface area contributed by atoms with Crippen molar-refractivity contribution in [2.45, 2.75) is 31.8 Å². The number of nitrogens with zero attached hydrogens (tertiary/aromatic N) is 3. The van der Waals surface area contributed by atoms with Crippen LogP contribution in [0.15, 0.2) is 77.6 Å². The molecule has 4 atom stereocenters. The van der Waals surface area contributed by atoms with Gasteiger partial charge in [-0.25, -0.2) is 9.88 Å². The lowest BCUT2D eigenvalue weighted by molar-refractivity contribution is -0.123. The summed E-state index contributed by atoms with van der Waals surface area (Å²) in [5.41, 5.74) is 1.12. The normalized spacial score (nSPS) is 25.0. The van der Waals surface area contributed by atoms with Crippen LogP contribution < -0.4 is 20.5 Å². The summed E-state index contributed by atoms with van der Waals surface area (Å²) in [5.74, 6) is -0.826. The van der Waals surface area contributed by atoms with Gasteiger partial charge in [-0.3, -0.25) is 24.3 Å². The fraction of sp³-hybridized carbons (Fsp3) is 0.290. The highest BCUT2D eigenvalue weighted by Gasteiger charge is 2.69. The number of methoxy groups -OCH3 is 1. The third-order valence-electron chi connectivity index (χ3n) is 8.41. The van der Waals surface area contributed by atoms with Crippen LogP contribution in [-0.4, -0.2) is 34.5 Å². The van der Waals surface area contributed by atoms with E-state index in [2.05, 4.69) is 19.2 Å². The van der Waals surface area contributed by atoms with E-state index in [1.54, 1.807) is 28.8 Å². The SMILES string of the molecule is COc1ccccc1N1C(=O)[C@H]2[C@@H](CC(C)C)N[C@@]3(c4ccccc4-n4c3nc3ccccc3c4=O)[C@H]2C1=O. The van der Waals surface area contributed by atoms with E-state index in [1.807, 2.05) is 48.5 Å². The number of para-hydroxylation sites is 4. The van der Waals surface area contributed by atoms with Crippen LogP contribution >= 0.6 is 0 Å². The maximum atomic E-state index is 14.5. The standard InChI is InChI=1S/C31H28N4O4/c1-17(2)16-21-25-26(29(38)34(28(25)37)23-14-8-9-15-24(23)39-3)31(33-21)19-11-5-7-13-22(19)35-27(36)18-10-4-6-12-20(18)32-30(31)35/h4-15,17,21,25-26,33H,16H2,1-3H3/t21-,25+,26-,31+/m1/s1. The molecule has 4 heterocycles. The molecule has 3 aliphatic heterocycles. The fourth-order valence-electron chi connectivity index (χ4n) is 6.98. The molecule has 0 radical (unpaired) electrons. The number of aromatic nitrogens is 2. The molecule has 0 aliphatic carbocycles. The second-order valence-electron chi connectivity index (χ2n) is 11.0. The number of ether oxygens (including phenoxy) is 1. The average molecular weight is 521 g/mol. The van der Waals surface area contributed by atoms with Crippen LogP contribution in [0.25, 0.3) is 16.6 Å². The maximum absolute atomic E-state index is 14.5. The van der Waals surface area contributed by atoms with E-state index in [-0.39, 0.29) is 29.3 Å². The first-order valence-corrected chi connectivity index (χ1v) is 13.3. The van der Waals surface area contributed by atoms with Crippen molar-refractivity contribution in [3.8, 4) is 11.4 Å². The number of hydrogen-bond acceptors (Lipinski definition) is 6. The molecule has 3 aromatic carbocycles. The van der Waals surface area contributed by atoms with Crippen LogP contribution in [-0.2, 0) is 15.1 Å². The van der Waals surface area contributed by atoms with E-state index in [0.717, 1.165) is 5.56 Å². The van der Waals surface area contributed by atoms with Gasteiger partial charge in [0.1, 0.15) is 17.1 Å². The summed E-state index contributed by atoms with van der Waals surface area (Å²) < 4.78 is 7.17. The Morgan fingerprint density at radius 3 is 2.38 bits per heavy atom. The number of carbonyl (C=O) groups excluding carboxylic acids is 2. The fourth-order valence-corrected chi connectivity index (χ4v) is 6.98. The Labute approximate surface area is 225 Å². The van der Waals surface area contributed by atoms with Crippen LogP contribution in [0.3, 0.4) is 0 Å². The number of imide groups is 1. The number of benzene rings is 3. The van der Waals surface area contributed by atoms with Gasteiger partial charge in [0, 0.05) is 11.6 Å². The molecule has 0 unspecified atom stereocenters. The summed E-state index contributed by atoms with van der Waals surface area (Å²) in [6.07, 6.45) is 0.682. The predicted molar refractivity (Wildman–Crippen MR) is 147 cm³/mol. The molecule has 2 amide bonds. The summed E-state index contributed by atoms with van der Waals surface area (Å²) in [7, 11) is 1.53. The molecule has 0 bridgehead atoms. The third kappa shape index (κ3) is 3.03. The van der Waals surface area contributed by atoms with Gasteiger partial charge in [-0.15, -0.1) is 0 Å². The van der Waals surface area contributed by atoms with E-state index >= 15 is 0 Å². The van der Waals surface area contributed by atoms with E-state index in [4.69, 9.17) is 9.72 Å². The van der Waals surface area contributed by atoms with Gasteiger partial charge in [-0.1, -0.05) is 56.3 Å². The van der Waals surface area contributed by atoms with Crippen LogP contribution in [0.2, 0.25) is 0 Å². The zero-order valence-corrected chi connectivity index (χ0v) is 21.9. The van der Waals surface area contributed by atoms with E-state index in [9.17, 15) is 14.4 Å². The Morgan fingerprint density at radius 2 is 1.62 bits per heavy atom. The third-order valence-corrected chi connectivity index (χ3v) is 8.41. The Hall–Kier alpha value is -4.30. The van der Waals surface area contributed by atoms with Crippen molar-refractivity contribution in [1.29, 1.82) is 0 Å². The number of rotatable bonds is 4. The lowest BCUT2D eigenvalue weighted by Crippen LogP contribution is -2.50. The van der Waals surface area contributed by atoms with Crippen molar-refractivity contribution in [1.82, 2.24) is 14.9 Å². The Balaban J connectivity index is 1.52. The van der Waals surface area contributed by atoms with Gasteiger partial charge < -0.3 is 4.74 Å². The molecule has 3 aliphatic rings. The number of anilines is 1. The average Bonchev–Trinajstić information content (AvgIpc) is 3.51. The first kappa shape index (κ1) is 23.8. The first-order valence-electron chi connectivity index (χ1n) is 13.3. The van der Waals surface area contributed by atoms with Gasteiger partial charge in [0.05, 0.1) is 41.2 Å². The minimum absolute atomic E-state index is 0.191. The molecule has 7 rings (SSSR count). The number of amides is 2. The number of hydrogen-bond donors (Lipinski definition) is 1. The lowest BCUT2D eigenvalue weighted by atomic mass is 9.75. The van der Waals surface area contributed by atoms with Crippen LogP contribution in [0.1, 0.15) is 31.7 Å².